The van der Waals surface area contributed by atoms with Crippen molar-refractivity contribution >= 4 is 44.9 Å². The molecule has 1 N–H and O–H groups in total. The van der Waals surface area contributed by atoms with E-state index in [1.807, 2.05) is 49.6 Å². The standard InChI is InChI=1S/C26H25N5O4S3/c1-17-15-29-26(30-19-8-4-9-20(13-19)34-11-6-12-35-38(3,32)33)31-23(17)24-22(18-7-5-10-28-16-18)21(14-27)25(36-2)37-24/h4-5,7-10,13,15-16H,6,11-12H2,1-3H3,(H,29,30,31). The van der Waals surface area contributed by atoms with Gasteiger partial charge in [-0.1, -0.05) is 12.1 Å². The van der Waals surface area contributed by atoms with Gasteiger partial charge in [-0.25, -0.2) is 9.97 Å². The summed E-state index contributed by atoms with van der Waals surface area (Å²) in [5, 5.41) is 13.2. The molecule has 0 aliphatic heterocycles. The van der Waals surface area contributed by atoms with Gasteiger partial charge in [0.2, 0.25) is 5.95 Å². The molecule has 0 radical (unpaired) electrons. The van der Waals surface area contributed by atoms with Crippen molar-refractivity contribution in [1.82, 2.24) is 15.0 Å². The van der Waals surface area contributed by atoms with Crippen LogP contribution in [0.2, 0.25) is 0 Å². The summed E-state index contributed by atoms with van der Waals surface area (Å²) in [7, 11) is -3.46. The Balaban J connectivity index is 1.58. The van der Waals surface area contributed by atoms with Gasteiger partial charge in [0.1, 0.15) is 11.8 Å². The minimum absolute atomic E-state index is 0.0618. The lowest BCUT2D eigenvalue weighted by atomic mass is 10.0. The number of nitrogens with one attached hydrogen (secondary N) is 1. The van der Waals surface area contributed by atoms with Crippen molar-refractivity contribution in [3.05, 3.63) is 66.1 Å². The van der Waals surface area contributed by atoms with Gasteiger partial charge in [-0.15, -0.1) is 23.1 Å². The van der Waals surface area contributed by atoms with Gasteiger partial charge in [-0.3, -0.25) is 9.17 Å². The average molecular weight is 568 g/mol. The van der Waals surface area contributed by atoms with Crippen molar-refractivity contribution in [2.45, 2.75) is 17.6 Å². The van der Waals surface area contributed by atoms with Crippen LogP contribution in [0.25, 0.3) is 21.7 Å². The van der Waals surface area contributed by atoms with Crippen LogP contribution < -0.4 is 10.1 Å². The third-order valence-corrected chi connectivity index (χ3v) is 8.17. The monoisotopic (exact) mass is 567 g/mol. The molecule has 0 spiro atoms. The van der Waals surface area contributed by atoms with E-state index in [4.69, 9.17) is 13.9 Å². The molecule has 38 heavy (non-hydrogen) atoms. The summed E-state index contributed by atoms with van der Waals surface area (Å²) in [6.07, 6.45) is 8.62. The van der Waals surface area contributed by atoms with E-state index in [1.165, 1.54) is 23.1 Å². The number of pyridine rings is 1. The first-order valence-corrected chi connectivity index (χ1v) is 15.3. The minimum Gasteiger partial charge on any atom is -0.493 e. The van der Waals surface area contributed by atoms with Gasteiger partial charge >= 0.3 is 0 Å². The molecular formula is C26H25N5O4S3. The third-order valence-electron chi connectivity index (χ3n) is 5.26. The highest BCUT2D eigenvalue weighted by molar-refractivity contribution is 8.00. The SMILES string of the molecule is CSc1sc(-c2nc(Nc3cccc(OCCCOS(C)(=O)=O)c3)ncc2C)c(-c2cccnc2)c1C#N. The Labute approximate surface area is 230 Å². The smallest absolute Gasteiger partial charge is 0.264 e. The quantitative estimate of drug-likeness (QED) is 0.138. The number of aryl methyl sites for hydroxylation is 1. The Morgan fingerprint density at radius 2 is 2.03 bits per heavy atom. The Morgan fingerprint density at radius 3 is 2.74 bits per heavy atom. The number of aromatic nitrogens is 3. The number of thiophene rings is 1. The number of ether oxygens (including phenoxy) is 1. The number of hydrogen-bond donors (Lipinski definition) is 1. The number of nitriles is 1. The van der Waals surface area contributed by atoms with Gasteiger partial charge in [-0.05, 0) is 36.9 Å². The van der Waals surface area contributed by atoms with Crippen LogP contribution in [0.5, 0.6) is 5.75 Å². The van der Waals surface area contributed by atoms with Gasteiger partial charge in [0.25, 0.3) is 10.1 Å². The van der Waals surface area contributed by atoms with Gasteiger partial charge in [-0.2, -0.15) is 13.7 Å². The molecule has 0 unspecified atom stereocenters. The molecule has 196 valence electrons. The molecule has 9 nitrogen and oxygen atoms in total. The van der Waals surface area contributed by atoms with Crippen LogP contribution in [0, 0.1) is 18.3 Å². The molecular weight excluding hydrogens is 543 g/mol. The van der Waals surface area contributed by atoms with Gasteiger partial charge in [0.05, 0.1) is 39.8 Å². The predicted molar refractivity (Wildman–Crippen MR) is 150 cm³/mol. The van der Waals surface area contributed by atoms with Gasteiger partial charge < -0.3 is 10.1 Å². The normalized spacial score (nSPS) is 11.2. The summed E-state index contributed by atoms with van der Waals surface area (Å²) >= 11 is 3.07. The van der Waals surface area contributed by atoms with Crippen LogP contribution in [0.1, 0.15) is 17.5 Å². The largest absolute Gasteiger partial charge is 0.493 e. The molecule has 3 heterocycles. The first-order valence-electron chi connectivity index (χ1n) is 11.5. The number of benzene rings is 1. The van der Waals surface area contributed by atoms with Crippen LogP contribution in [-0.2, 0) is 14.3 Å². The number of nitrogens with zero attached hydrogens (tertiary/aromatic N) is 4. The van der Waals surface area contributed by atoms with E-state index in [0.29, 0.717) is 30.3 Å². The van der Waals surface area contributed by atoms with Crippen molar-refractivity contribution in [1.29, 1.82) is 5.26 Å². The maximum Gasteiger partial charge on any atom is 0.264 e. The van der Waals surface area contributed by atoms with Crippen LogP contribution >= 0.6 is 23.1 Å². The molecule has 0 aliphatic rings. The first-order chi connectivity index (χ1) is 18.3. The van der Waals surface area contributed by atoms with E-state index in [1.54, 1.807) is 18.6 Å². The number of rotatable bonds is 11. The minimum atomic E-state index is -3.46. The molecule has 3 aromatic heterocycles. The van der Waals surface area contributed by atoms with Crippen LogP contribution in [0.15, 0.2) is 59.2 Å². The van der Waals surface area contributed by atoms with E-state index in [-0.39, 0.29) is 6.61 Å². The molecule has 0 saturated carbocycles. The van der Waals surface area contributed by atoms with E-state index in [2.05, 4.69) is 21.4 Å². The third kappa shape index (κ3) is 6.87. The number of anilines is 2. The zero-order valence-electron chi connectivity index (χ0n) is 21.0. The molecule has 0 bridgehead atoms. The zero-order valence-corrected chi connectivity index (χ0v) is 23.4. The molecule has 0 fully saturated rings. The van der Waals surface area contributed by atoms with Crippen molar-refractivity contribution in [3.63, 3.8) is 0 Å². The lowest BCUT2D eigenvalue weighted by molar-refractivity contribution is 0.252. The van der Waals surface area contributed by atoms with E-state index in [9.17, 15) is 13.7 Å². The molecule has 1 aromatic carbocycles. The Bertz CT molecular complexity index is 1570. The summed E-state index contributed by atoms with van der Waals surface area (Å²) in [5.74, 6) is 1.01. The van der Waals surface area contributed by atoms with Crippen molar-refractivity contribution in [2.75, 3.05) is 31.0 Å². The average Bonchev–Trinajstić information content (AvgIpc) is 3.28. The van der Waals surface area contributed by atoms with Crippen LogP contribution in [0.4, 0.5) is 11.6 Å². The maximum atomic E-state index is 11.1. The summed E-state index contributed by atoms with van der Waals surface area (Å²) < 4.78 is 33.5. The van der Waals surface area contributed by atoms with Crippen molar-refractivity contribution in [3.8, 4) is 33.5 Å². The fraction of sp³-hybridized carbons (Fsp3) is 0.231. The lowest BCUT2D eigenvalue weighted by Gasteiger charge is -2.11. The highest BCUT2D eigenvalue weighted by Gasteiger charge is 2.23. The van der Waals surface area contributed by atoms with Crippen LogP contribution in [0.3, 0.4) is 0 Å². The molecule has 12 heteroatoms. The van der Waals surface area contributed by atoms with Crippen LogP contribution in [-0.4, -0.2) is 49.1 Å². The van der Waals surface area contributed by atoms with E-state index in [0.717, 1.165) is 43.4 Å². The number of hydrogen-bond acceptors (Lipinski definition) is 11. The summed E-state index contributed by atoms with van der Waals surface area (Å²) in [6.45, 7) is 2.31. The summed E-state index contributed by atoms with van der Waals surface area (Å²) in [5.41, 5.74) is 4.64. The molecule has 0 aliphatic carbocycles. The Kier molecular flexibility index (Phi) is 8.96. The topological polar surface area (TPSA) is 127 Å². The Hall–Kier alpha value is -3.50. The fourth-order valence-corrected chi connectivity index (χ4v) is 6.01. The molecule has 4 rings (SSSR count). The second-order valence-electron chi connectivity index (χ2n) is 8.13. The Morgan fingerprint density at radius 1 is 1.18 bits per heavy atom. The fourth-order valence-electron chi connectivity index (χ4n) is 3.59. The van der Waals surface area contributed by atoms with Gasteiger partial charge in [0.15, 0.2) is 0 Å². The zero-order chi connectivity index (χ0) is 27.1. The second-order valence-corrected chi connectivity index (χ2v) is 11.9. The lowest BCUT2D eigenvalue weighted by Crippen LogP contribution is -2.08. The molecule has 4 aromatic rings. The maximum absolute atomic E-state index is 11.1. The first kappa shape index (κ1) is 27.5. The second kappa shape index (κ2) is 12.4. The highest BCUT2D eigenvalue weighted by Crippen LogP contribution is 2.46. The molecule has 0 amide bonds. The summed E-state index contributed by atoms with van der Waals surface area (Å²) in [6, 6.07) is 13.5. The van der Waals surface area contributed by atoms with Gasteiger partial charge in [0, 0.05) is 47.9 Å². The van der Waals surface area contributed by atoms with Crippen molar-refractivity contribution in [2.24, 2.45) is 0 Å². The molecule has 0 saturated heterocycles. The summed E-state index contributed by atoms with van der Waals surface area (Å²) in [4.78, 5) is 14.4. The van der Waals surface area contributed by atoms with E-state index < -0.39 is 10.1 Å². The highest BCUT2D eigenvalue weighted by atomic mass is 32.2. The van der Waals surface area contributed by atoms with E-state index >= 15 is 0 Å². The number of thioether (sulfide) groups is 1. The molecule has 0 atom stereocenters. The predicted octanol–water partition coefficient (Wildman–Crippen LogP) is 5.66. The van der Waals surface area contributed by atoms with Crippen molar-refractivity contribution < 1.29 is 17.3 Å².